The van der Waals surface area contributed by atoms with Crippen molar-refractivity contribution in [2.75, 3.05) is 10.6 Å². The highest BCUT2D eigenvalue weighted by Gasteiger charge is 2.41. The van der Waals surface area contributed by atoms with Gasteiger partial charge in [0.1, 0.15) is 18.5 Å². The molecule has 30 heavy (non-hydrogen) atoms. The second-order valence-corrected chi connectivity index (χ2v) is 6.94. The Hall–Kier alpha value is -3.87. The van der Waals surface area contributed by atoms with Gasteiger partial charge in [-0.15, -0.1) is 0 Å². The van der Waals surface area contributed by atoms with E-state index in [4.69, 9.17) is 15.2 Å². The first-order valence-corrected chi connectivity index (χ1v) is 9.56. The quantitative estimate of drug-likeness (QED) is 0.657. The van der Waals surface area contributed by atoms with Crippen LogP contribution >= 0.6 is 0 Å². The fourth-order valence-corrected chi connectivity index (χ4v) is 3.29. The molecule has 1 aliphatic heterocycles. The Morgan fingerprint density at radius 1 is 1.10 bits per heavy atom. The number of nitrogens with two attached hydrogens (primary N) is 1. The zero-order chi connectivity index (χ0) is 21.1. The lowest BCUT2D eigenvalue weighted by Crippen LogP contribution is -2.50. The van der Waals surface area contributed by atoms with Crippen molar-refractivity contribution in [3.63, 3.8) is 0 Å². The van der Waals surface area contributed by atoms with Crippen molar-refractivity contribution < 1.29 is 19.1 Å². The Morgan fingerprint density at radius 2 is 1.77 bits per heavy atom. The van der Waals surface area contributed by atoms with Gasteiger partial charge in [0.15, 0.2) is 11.6 Å². The smallest absolute Gasteiger partial charge is 0.329 e. The van der Waals surface area contributed by atoms with Crippen molar-refractivity contribution >= 4 is 23.5 Å². The summed E-state index contributed by atoms with van der Waals surface area (Å²) in [5.41, 5.74) is 7.36. The van der Waals surface area contributed by atoms with Gasteiger partial charge >= 0.3 is 5.97 Å². The van der Waals surface area contributed by atoms with Crippen LogP contribution in [-0.4, -0.2) is 22.9 Å². The van der Waals surface area contributed by atoms with E-state index in [1.165, 1.54) is 4.90 Å². The van der Waals surface area contributed by atoms with Gasteiger partial charge < -0.3 is 15.2 Å². The zero-order valence-corrected chi connectivity index (χ0v) is 16.4. The van der Waals surface area contributed by atoms with Gasteiger partial charge in [-0.1, -0.05) is 60.7 Å². The molecular formula is C23H21N3O4. The molecule has 4 rings (SSSR count). The second kappa shape index (κ2) is 8.24. The predicted octanol–water partition coefficient (Wildman–Crippen LogP) is 3.26. The molecular weight excluding hydrogens is 382 g/mol. The molecule has 0 saturated carbocycles. The molecule has 3 aromatic rings. The highest BCUT2D eigenvalue weighted by atomic mass is 16.5. The summed E-state index contributed by atoms with van der Waals surface area (Å²) in [5, 5.41) is 0. The summed E-state index contributed by atoms with van der Waals surface area (Å²) < 4.78 is 11.4. The molecule has 0 spiro atoms. The molecule has 2 heterocycles. The maximum atomic E-state index is 13.3. The average Bonchev–Trinajstić information content (AvgIpc) is 2.78. The number of amides is 1. The topological polar surface area (TPSA) is 94.8 Å². The van der Waals surface area contributed by atoms with Gasteiger partial charge in [-0.25, -0.2) is 9.78 Å². The van der Waals surface area contributed by atoms with Crippen LogP contribution in [0.5, 0.6) is 5.75 Å². The lowest BCUT2D eigenvalue weighted by atomic mass is 10.1. The number of pyridine rings is 1. The number of carbonyl (C=O) groups excluding carboxylic acids is 2. The number of esters is 1. The van der Waals surface area contributed by atoms with Crippen molar-refractivity contribution in [2.24, 2.45) is 0 Å². The van der Waals surface area contributed by atoms with Crippen LogP contribution < -0.4 is 15.4 Å². The molecule has 1 amide bonds. The molecule has 2 aromatic carbocycles. The minimum absolute atomic E-state index is 0.113. The standard InChI is InChI=1S/C23H21N3O4/c1-15(23(28)29-14-16-8-4-2-5-9-16)26-21-18(12-13-19(24)25-21)30-20(22(26)27)17-10-6-3-7-11-17/h2-13,15,20H,14H2,1H3,(H2,24,25). The van der Waals surface area contributed by atoms with Crippen LogP contribution in [0.15, 0.2) is 72.8 Å². The van der Waals surface area contributed by atoms with E-state index in [1.54, 1.807) is 31.2 Å². The van der Waals surface area contributed by atoms with E-state index in [9.17, 15) is 9.59 Å². The third-order valence-corrected chi connectivity index (χ3v) is 4.85. The molecule has 1 aliphatic rings. The highest BCUT2D eigenvalue weighted by Crippen LogP contribution is 2.39. The molecule has 7 nitrogen and oxygen atoms in total. The van der Waals surface area contributed by atoms with E-state index in [1.807, 2.05) is 48.5 Å². The summed E-state index contributed by atoms with van der Waals surface area (Å²) in [6, 6.07) is 20.8. The number of aromatic nitrogens is 1. The van der Waals surface area contributed by atoms with Gasteiger partial charge in [0, 0.05) is 5.56 Å². The fraction of sp³-hybridized carbons (Fsp3) is 0.174. The number of fused-ring (bicyclic) bond motifs is 1. The maximum absolute atomic E-state index is 13.3. The van der Waals surface area contributed by atoms with Crippen LogP contribution in [0.3, 0.4) is 0 Å². The van der Waals surface area contributed by atoms with E-state index in [-0.39, 0.29) is 18.2 Å². The van der Waals surface area contributed by atoms with Gasteiger partial charge in [0.05, 0.1) is 0 Å². The maximum Gasteiger partial charge on any atom is 0.329 e. The van der Waals surface area contributed by atoms with E-state index in [0.29, 0.717) is 11.3 Å². The summed E-state index contributed by atoms with van der Waals surface area (Å²) in [6.45, 7) is 1.72. The first-order chi connectivity index (χ1) is 14.5. The first-order valence-electron chi connectivity index (χ1n) is 9.56. The summed E-state index contributed by atoms with van der Waals surface area (Å²) in [7, 11) is 0. The molecule has 7 heteroatoms. The molecule has 0 fully saturated rings. The number of carbonyl (C=O) groups is 2. The Kier molecular flexibility index (Phi) is 5.34. The van der Waals surface area contributed by atoms with Crippen molar-refractivity contribution in [2.45, 2.75) is 25.7 Å². The van der Waals surface area contributed by atoms with E-state index in [0.717, 1.165) is 5.56 Å². The van der Waals surface area contributed by atoms with Gasteiger partial charge in [-0.05, 0) is 24.6 Å². The van der Waals surface area contributed by atoms with Crippen LogP contribution in [-0.2, 0) is 20.9 Å². The number of anilines is 2. The summed E-state index contributed by atoms with van der Waals surface area (Å²) in [6.07, 6.45) is -0.895. The molecule has 2 N–H and O–H groups in total. The third-order valence-electron chi connectivity index (χ3n) is 4.85. The fourth-order valence-electron chi connectivity index (χ4n) is 3.29. The molecule has 1 aromatic heterocycles. The Morgan fingerprint density at radius 3 is 2.47 bits per heavy atom. The zero-order valence-electron chi connectivity index (χ0n) is 16.4. The summed E-state index contributed by atoms with van der Waals surface area (Å²) in [5.74, 6) is -0.151. The molecule has 0 aliphatic carbocycles. The number of hydrogen-bond donors (Lipinski definition) is 1. The molecule has 2 unspecified atom stereocenters. The number of ether oxygens (including phenoxy) is 2. The van der Waals surface area contributed by atoms with Gasteiger partial charge in [0.25, 0.3) is 5.91 Å². The Bertz CT molecular complexity index is 1060. The summed E-state index contributed by atoms with van der Waals surface area (Å²) >= 11 is 0. The van der Waals surface area contributed by atoms with Crippen LogP contribution in [0.2, 0.25) is 0 Å². The number of nitrogen functional groups attached to an aromatic ring is 1. The molecule has 0 radical (unpaired) electrons. The van der Waals surface area contributed by atoms with Crippen LogP contribution in [0.1, 0.15) is 24.2 Å². The third kappa shape index (κ3) is 3.82. The van der Waals surface area contributed by atoms with Gasteiger partial charge in [-0.3, -0.25) is 9.69 Å². The minimum Gasteiger partial charge on any atom is -0.472 e. The van der Waals surface area contributed by atoms with E-state index in [2.05, 4.69) is 4.98 Å². The van der Waals surface area contributed by atoms with E-state index < -0.39 is 24.0 Å². The first kappa shape index (κ1) is 19.4. The van der Waals surface area contributed by atoms with E-state index >= 15 is 0 Å². The predicted molar refractivity (Wildman–Crippen MR) is 112 cm³/mol. The van der Waals surface area contributed by atoms with Gasteiger partial charge in [0.2, 0.25) is 6.10 Å². The van der Waals surface area contributed by atoms with Crippen molar-refractivity contribution in [1.29, 1.82) is 0 Å². The van der Waals surface area contributed by atoms with Crippen molar-refractivity contribution in [3.05, 3.63) is 83.9 Å². The van der Waals surface area contributed by atoms with Crippen LogP contribution in [0.25, 0.3) is 0 Å². The largest absolute Gasteiger partial charge is 0.472 e. The second-order valence-electron chi connectivity index (χ2n) is 6.94. The normalized spacial score (nSPS) is 16.4. The molecule has 2 atom stereocenters. The lowest BCUT2D eigenvalue weighted by molar-refractivity contribution is -0.148. The SMILES string of the molecule is CC(C(=O)OCc1ccccc1)N1C(=O)C(c2ccccc2)Oc2ccc(N)nc21. The molecule has 0 bridgehead atoms. The minimum atomic E-state index is -0.913. The number of nitrogens with zero attached hydrogens (tertiary/aromatic N) is 2. The van der Waals surface area contributed by atoms with Crippen LogP contribution in [0.4, 0.5) is 11.6 Å². The molecule has 152 valence electrons. The van der Waals surface area contributed by atoms with Crippen LogP contribution in [0, 0.1) is 0 Å². The number of rotatable bonds is 5. The molecule has 0 saturated heterocycles. The number of hydrogen-bond acceptors (Lipinski definition) is 6. The van der Waals surface area contributed by atoms with Crippen molar-refractivity contribution in [3.8, 4) is 5.75 Å². The highest BCUT2D eigenvalue weighted by molar-refractivity contribution is 6.04. The van der Waals surface area contributed by atoms with Gasteiger partial charge in [-0.2, -0.15) is 0 Å². The number of benzene rings is 2. The monoisotopic (exact) mass is 403 g/mol. The Balaban J connectivity index is 1.63. The van der Waals surface area contributed by atoms with Crippen molar-refractivity contribution in [1.82, 2.24) is 4.98 Å². The lowest BCUT2D eigenvalue weighted by Gasteiger charge is -2.36. The summed E-state index contributed by atoms with van der Waals surface area (Å²) in [4.78, 5) is 31.7. The Labute approximate surface area is 174 Å². The average molecular weight is 403 g/mol.